The van der Waals surface area contributed by atoms with Gasteiger partial charge in [0.05, 0.1) is 62.6 Å². The predicted molar refractivity (Wildman–Crippen MR) is 108 cm³/mol. The molecule has 1 heterocycles. The number of fused-ring (bicyclic) bond motifs is 2. The van der Waals surface area contributed by atoms with Gasteiger partial charge in [-0.15, -0.1) is 0 Å². The molecule has 0 amide bonds. The molecule has 0 aliphatic carbocycles. The Bertz CT molecular complexity index is 863. The lowest BCUT2D eigenvalue weighted by Gasteiger charge is -2.35. The average molecular weight is 460 g/mol. The topological polar surface area (TPSA) is 85.6 Å². The Morgan fingerprint density at radius 3 is 2.26 bits per heavy atom. The summed E-state index contributed by atoms with van der Waals surface area (Å²) in [4.78, 5) is 13.5. The van der Waals surface area contributed by atoms with Crippen molar-refractivity contribution < 1.29 is 38.2 Å². The van der Waals surface area contributed by atoms with E-state index in [4.69, 9.17) is 19.9 Å². The Kier molecular flexibility index (Phi) is 8.17. The lowest BCUT2D eigenvalue weighted by molar-refractivity contribution is -0.376. The van der Waals surface area contributed by atoms with Gasteiger partial charge in [-0.3, -0.25) is 9.68 Å². The summed E-state index contributed by atoms with van der Waals surface area (Å²) in [5.74, 6) is 0. The molecule has 0 radical (unpaired) electrons. The number of anilines is 2. The summed E-state index contributed by atoms with van der Waals surface area (Å²) < 4.78 is 39.9. The van der Waals surface area contributed by atoms with E-state index in [1.165, 1.54) is 17.8 Å². The minimum Gasteiger partial charge on any atom is -0.394 e. The van der Waals surface area contributed by atoms with Gasteiger partial charge in [0.25, 0.3) is 0 Å². The van der Waals surface area contributed by atoms with Crippen LogP contribution in [0.1, 0.15) is 5.56 Å². The van der Waals surface area contributed by atoms with Crippen molar-refractivity contribution in [2.45, 2.75) is 22.1 Å². The molecule has 0 fully saturated rings. The molecule has 1 aliphatic heterocycles. The van der Waals surface area contributed by atoms with Crippen LogP contribution in [0.2, 0.25) is 0 Å². The van der Waals surface area contributed by atoms with E-state index in [-0.39, 0.29) is 39.5 Å². The second kappa shape index (κ2) is 10.6. The highest BCUT2D eigenvalue weighted by atomic mass is 32.2. The highest BCUT2D eigenvalue weighted by molar-refractivity contribution is 7.99. The predicted octanol–water partition coefficient (Wildman–Crippen LogP) is 2.82. The summed E-state index contributed by atoms with van der Waals surface area (Å²) >= 11 is 1.36. The third kappa shape index (κ3) is 6.10. The molecule has 31 heavy (non-hydrogen) atoms. The van der Waals surface area contributed by atoms with Crippen molar-refractivity contribution in [2.75, 3.05) is 44.4 Å². The van der Waals surface area contributed by atoms with Crippen LogP contribution in [0.15, 0.2) is 52.3 Å². The number of hydrogen-bond donors (Lipinski definition) is 3. The summed E-state index contributed by atoms with van der Waals surface area (Å²) in [6.45, 7) is -0.912. The maximum Gasteiger partial charge on any atom is 0.416 e. The molecule has 2 aromatic carbocycles. The van der Waals surface area contributed by atoms with Crippen molar-refractivity contribution >= 4 is 23.1 Å². The largest absolute Gasteiger partial charge is 0.416 e. The van der Waals surface area contributed by atoms with E-state index in [9.17, 15) is 18.3 Å². The number of halogens is 3. The third-order valence-corrected chi connectivity index (χ3v) is 5.49. The van der Waals surface area contributed by atoms with Crippen LogP contribution in [-0.4, -0.2) is 66.2 Å². The van der Waals surface area contributed by atoms with Gasteiger partial charge in [0, 0.05) is 9.79 Å². The van der Waals surface area contributed by atoms with Gasteiger partial charge in [-0.2, -0.15) is 13.2 Å². The lowest BCUT2D eigenvalue weighted by Crippen LogP contribution is -2.40. The number of alkyl halides is 3. The lowest BCUT2D eigenvalue weighted by atomic mass is 10.1. The minimum absolute atomic E-state index is 0.0344. The highest BCUT2D eigenvalue weighted by Gasteiger charge is 2.34. The number of hydroxylamine groups is 2. The molecule has 0 spiro atoms. The van der Waals surface area contributed by atoms with Crippen molar-refractivity contribution in [1.82, 2.24) is 5.23 Å². The smallest absolute Gasteiger partial charge is 0.394 e. The first-order chi connectivity index (χ1) is 14.8. The first-order valence-corrected chi connectivity index (χ1v) is 10.3. The fourth-order valence-corrected chi connectivity index (χ4v) is 4.15. The van der Waals surface area contributed by atoms with Gasteiger partial charge in [-0.25, -0.2) is 0 Å². The van der Waals surface area contributed by atoms with E-state index >= 15 is 0 Å². The number of β-amino-alcohol motifs (C(OH)–C–C–N with tert-alkyl or cyclic N) is 1. The Hall–Kier alpha value is -1.86. The van der Waals surface area contributed by atoms with Gasteiger partial charge in [0.2, 0.25) is 0 Å². The molecule has 0 bridgehead atoms. The van der Waals surface area contributed by atoms with Crippen LogP contribution >= 0.6 is 11.8 Å². The molecule has 7 nitrogen and oxygen atoms in total. The molecule has 1 atom stereocenters. The number of hydrogen-bond acceptors (Lipinski definition) is 8. The van der Waals surface area contributed by atoms with Crippen LogP contribution in [0.3, 0.4) is 0 Å². The molecule has 0 saturated carbocycles. The van der Waals surface area contributed by atoms with E-state index in [1.54, 1.807) is 17.0 Å². The zero-order valence-corrected chi connectivity index (χ0v) is 17.3. The second-order valence-corrected chi connectivity index (χ2v) is 7.73. The van der Waals surface area contributed by atoms with Gasteiger partial charge in [-0.1, -0.05) is 29.1 Å². The summed E-state index contributed by atoms with van der Waals surface area (Å²) in [6.07, 6.45) is -5.58. The monoisotopic (exact) mass is 460 g/mol. The van der Waals surface area contributed by atoms with Crippen molar-refractivity contribution in [3.63, 3.8) is 0 Å². The number of para-hydroxylation sites is 1. The van der Waals surface area contributed by atoms with Crippen LogP contribution in [0, 0.1) is 0 Å². The molecule has 1 aliphatic rings. The Labute approximate surface area is 181 Å². The fourth-order valence-electron chi connectivity index (χ4n) is 3.07. The zero-order chi connectivity index (χ0) is 22.4. The standard InChI is InChI=1S/C20H23F3N2O5S/c21-20(22,23)14-5-6-19-17(11-14)24(16-3-1-2-4-18(16)31-19)12-15(28)13-25(29-9-7-26)30-10-8-27/h1-6,11,15,26-28H,7-10,12-13H2. The Balaban J connectivity index is 1.85. The average Bonchev–Trinajstić information content (AvgIpc) is 2.74. The van der Waals surface area contributed by atoms with Crippen LogP contribution in [0.5, 0.6) is 0 Å². The van der Waals surface area contributed by atoms with E-state index < -0.39 is 17.8 Å². The summed E-state index contributed by atoms with van der Waals surface area (Å²) in [6, 6.07) is 10.8. The number of aliphatic hydroxyl groups excluding tert-OH is 3. The van der Waals surface area contributed by atoms with Crippen LogP contribution < -0.4 is 4.90 Å². The van der Waals surface area contributed by atoms with Crippen LogP contribution in [0.4, 0.5) is 24.5 Å². The Morgan fingerprint density at radius 2 is 1.61 bits per heavy atom. The third-order valence-electron chi connectivity index (χ3n) is 4.36. The first-order valence-electron chi connectivity index (χ1n) is 9.52. The number of aliphatic hydroxyl groups is 3. The maximum absolute atomic E-state index is 13.3. The van der Waals surface area contributed by atoms with Crippen molar-refractivity contribution in [3.05, 3.63) is 48.0 Å². The summed E-state index contributed by atoms with van der Waals surface area (Å²) in [5, 5.41) is 29.5. The minimum atomic E-state index is -4.49. The molecule has 3 N–H and O–H groups in total. The van der Waals surface area contributed by atoms with E-state index in [0.717, 1.165) is 22.3 Å². The van der Waals surface area contributed by atoms with Crippen LogP contribution in [-0.2, 0) is 15.9 Å². The van der Waals surface area contributed by atoms with Crippen molar-refractivity contribution in [2.24, 2.45) is 0 Å². The molecule has 170 valence electrons. The molecule has 3 rings (SSSR count). The van der Waals surface area contributed by atoms with E-state index in [0.29, 0.717) is 16.3 Å². The van der Waals surface area contributed by atoms with Gasteiger partial charge < -0.3 is 20.2 Å². The molecule has 11 heteroatoms. The number of benzene rings is 2. The van der Waals surface area contributed by atoms with Gasteiger partial charge in [0.15, 0.2) is 0 Å². The highest BCUT2D eigenvalue weighted by Crippen LogP contribution is 2.49. The molecule has 1 unspecified atom stereocenters. The molecular weight excluding hydrogens is 437 g/mol. The quantitative estimate of drug-likeness (QED) is 0.467. The SMILES string of the molecule is OCCON(CC(O)CN1c2ccccc2Sc2ccc(C(F)(F)F)cc21)OCCO. The zero-order valence-electron chi connectivity index (χ0n) is 16.5. The van der Waals surface area contributed by atoms with Gasteiger partial charge in [-0.05, 0) is 30.3 Å². The van der Waals surface area contributed by atoms with E-state index in [2.05, 4.69) is 0 Å². The van der Waals surface area contributed by atoms with Crippen molar-refractivity contribution in [3.8, 4) is 0 Å². The van der Waals surface area contributed by atoms with Crippen LogP contribution in [0.25, 0.3) is 0 Å². The summed E-state index contributed by atoms with van der Waals surface area (Å²) in [7, 11) is 0. The molecule has 0 aromatic heterocycles. The molecular formula is C20H23F3N2O5S. The normalized spacial score (nSPS) is 14.5. The van der Waals surface area contributed by atoms with Gasteiger partial charge in [0.1, 0.15) is 0 Å². The first kappa shape index (κ1) is 23.8. The second-order valence-electron chi connectivity index (χ2n) is 6.64. The number of nitrogens with zero attached hydrogens (tertiary/aromatic N) is 2. The fraction of sp³-hybridized carbons (Fsp3) is 0.400. The van der Waals surface area contributed by atoms with Crippen molar-refractivity contribution in [1.29, 1.82) is 0 Å². The summed E-state index contributed by atoms with van der Waals surface area (Å²) in [5.41, 5.74) is 0.249. The Morgan fingerprint density at radius 1 is 0.968 bits per heavy atom. The number of rotatable bonds is 10. The maximum atomic E-state index is 13.3. The van der Waals surface area contributed by atoms with E-state index in [1.807, 2.05) is 12.1 Å². The molecule has 2 aromatic rings. The van der Waals surface area contributed by atoms with Gasteiger partial charge >= 0.3 is 6.18 Å². The molecule has 0 saturated heterocycles.